The van der Waals surface area contributed by atoms with Crippen LogP contribution in [0.25, 0.3) is 0 Å². The molecule has 86 valence electrons. The standard InChI is InChI=1S/C10H11N3O2.ClH/c1-7-12-10(15-13-7)6-14-9-4-2-8(11)3-5-9;/h2-5H,6,11H2,1H3;1H. The summed E-state index contributed by atoms with van der Waals surface area (Å²) in [5.74, 6) is 1.79. The van der Waals surface area contributed by atoms with Crippen molar-refractivity contribution in [2.45, 2.75) is 13.5 Å². The fourth-order valence-electron chi connectivity index (χ4n) is 1.11. The normalized spacial score (nSPS) is 9.56. The highest BCUT2D eigenvalue weighted by molar-refractivity contribution is 5.85. The molecule has 0 unspecified atom stereocenters. The Morgan fingerprint density at radius 3 is 2.56 bits per heavy atom. The lowest BCUT2D eigenvalue weighted by Gasteiger charge is -2.02. The van der Waals surface area contributed by atoms with Gasteiger partial charge in [-0.2, -0.15) is 4.98 Å². The lowest BCUT2D eigenvalue weighted by molar-refractivity contribution is 0.242. The molecule has 0 aliphatic rings. The number of aromatic nitrogens is 2. The van der Waals surface area contributed by atoms with Crippen LogP contribution in [0.4, 0.5) is 5.69 Å². The highest BCUT2D eigenvalue weighted by Crippen LogP contribution is 2.14. The summed E-state index contributed by atoms with van der Waals surface area (Å²) in [5.41, 5.74) is 6.25. The monoisotopic (exact) mass is 241 g/mol. The minimum absolute atomic E-state index is 0. The summed E-state index contributed by atoms with van der Waals surface area (Å²) in [4.78, 5) is 4.02. The molecule has 0 fully saturated rings. The Labute approximate surface area is 99.0 Å². The SMILES string of the molecule is Cc1noc(COc2ccc(N)cc2)n1.Cl. The minimum Gasteiger partial charge on any atom is -0.484 e. The van der Waals surface area contributed by atoms with Gasteiger partial charge in [0.2, 0.25) is 0 Å². The predicted octanol–water partition coefficient (Wildman–Crippen LogP) is 1.96. The molecular weight excluding hydrogens is 230 g/mol. The number of nitrogens with two attached hydrogens (primary N) is 1. The van der Waals surface area contributed by atoms with Crippen molar-refractivity contribution in [2.24, 2.45) is 0 Å². The molecule has 5 nitrogen and oxygen atoms in total. The van der Waals surface area contributed by atoms with Crippen molar-refractivity contribution in [2.75, 3.05) is 5.73 Å². The molecule has 16 heavy (non-hydrogen) atoms. The van der Waals surface area contributed by atoms with Crippen molar-refractivity contribution in [1.82, 2.24) is 10.1 Å². The highest BCUT2D eigenvalue weighted by Gasteiger charge is 2.02. The lowest BCUT2D eigenvalue weighted by Crippen LogP contribution is -1.95. The summed E-state index contributed by atoms with van der Waals surface area (Å²) in [6, 6.07) is 7.12. The van der Waals surface area contributed by atoms with Crippen LogP contribution in [0.2, 0.25) is 0 Å². The topological polar surface area (TPSA) is 74.2 Å². The van der Waals surface area contributed by atoms with Crippen LogP contribution in [-0.2, 0) is 6.61 Å². The summed E-state index contributed by atoms with van der Waals surface area (Å²) in [5, 5.41) is 3.66. The molecule has 0 saturated carbocycles. The van der Waals surface area contributed by atoms with Gasteiger partial charge in [0.1, 0.15) is 5.75 Å². The zero-order chi connectivity index (χ0) is 10.7. The van der Waals surface area contributed by atoms with E-state index in [1.54, 1.807) is 31.2 Å². The van der Waals surface area contributed by atoms with E-state index in [1.165, 1.54) is 0 Å². The van der Waals surface area contributed by atoms with Crippen LogP contribution in [0.5, 0.6) is 5.75 Å². The Hall–Kier alpha value is -1.75. The number of benzene rings is 1. The molecule has 0 bridgehead atoms. The lowest BCUT2D eigenvalue weighted by atomic mass is 10.3. The van der Waals surface area contributed by atoms with Crippen LogP contribution in [0.1, 0.15) is 11.7 Å². The molecule has 0 radical (unpaired) electrons. The fraction of sp³-hybridized carbons (Fsp3) is 0.200. The first-order valence-corrected chi connectivity index (χ1v) is 4.51. The van der Waals surface area contributed by atoms with E-state index in [0.717, 1.165) is 5.75 Å². The number of halogens is 1. The molecule has 0 saturated heterocycles. The van der Waals surface area contributed by atoms with Crippen LogP contribution in [0, 0.1) is 6.92 Å². The number of aryl methyl sites for hydroxylation is 1. The van der Waals surface area contributed by atoms with E-state index in [4.69, 9.17) is 15.0 Å². The molecule has 6 heteroatoms. The number of rotatable bonds is 3. The van der Waals surface area contributed by atoms with E-state index in [2.05, 4.69) is 10.1 Å². The summed E-state index contributed by atoms with van der Waals surface area (Å²) >= 11 is 0. The second-order valence-corrected chi connectivity index (χ2v) is 3.09. The second kappa shape index (κ2) is 5.37. The van der Waals surface area contributed by atoms with E-state index in [9.17, 15) is 0 Å². The van der Waals surface area contributed by atoms with Gasteiger partial charge in [-0.25, -0.2) is 0 Å². The molecule has 1 heterocycles. The van der Waals surface area contributed by atoms with Gasteiger partial charge in [0.25, 0.3) is 5.89 Å². The van der Waals surface area contributed by atoms with Crippen molar-refractivity contribution in [1.29, 1.82) is 0 Å². The number of nitrogens with zero attached hydrogens (tertiary/aromatic N) is 2. The maximum absolute atomic E-state index is 5.54. The highest BCUT2D eigenvalue weighted by atomic mass is 35.5. The summed E-state index contributed by atoms with van der Waals surface area (Å²) in [6.07, 6.45) is 0. The molecule has 1 aromatic carbocycles. The molecule has 1 aromatic heterocycles. The number of nitrogen functional groups attached to an aromatic ring is 1. The second-order valence-electron chi connectivity index (χ2n) is 3.09. The molecule has 0 amide bonds. The third-order valence-electron chi connectivity index (χ3n) is 1.81. The zero-order valence-corrected chi connectivity index (χ0v) is 9.53. The molecule has 2 N–H and O–H groups in total. The summed E-state index contributed by atoms with van der Waals surface area (Å²) in [6.45, 7) is 2.03. The molecule has 2 aromatic rings. The largest absolute Gasteiger partial charge is 0.484 e. The average Bonchev–Trinajstić information content (AvgIpc) is 2.64. The van der Waals surface area contributed by atoms with Gasteiger partial charge in [-0.1, -0.05) is 5.16 Å². The number of hydrogen-bond acceptors (Lipinski definition) is 5. The van der Waals surface area contributed by atoms with E-state index < -0.39 is 0 Å². The van der Waals surface area contributed by atoms with Crippen LogP contribution in [0.15, 0.2) is 28.8 Å². The maximum atomic E-state index is 5.54. The quantitative estimate of drug-likeness (QED) is 0.832. The Bertz CT molecular complexity index is 442. The molecule has 0 spiro atoms. The van der Waals surface area contributed by atoms with Crippen molar-refractivity contribution in [3.05, 3.63) is 36.0 Å². The van der Waals surface area contributed by atoms with Gasteiger partial charge in [-0.05, 0) is 31.2 Å². The van der Waals surface area contributed by atoms with E-state index >= 15 is 0 Å². The fourth-order valence-corrected chi connectivity index (χ4v) is 1.11. The van der Waals surface area contributed by atoms with Crippen LogP contribution < -0.4 is 10.5 Å². The third kappa shape index (κ3) is 3.13. The Morgan fingerprint density at radius 1 is 1.31 bits per heavy atom. The molecule has 0 aliphatic heterocycles. The summed E-state index contributed by atoms with van der Waals surface area (Å²) < 4.78 is 10.3. The first kappa shape index (κ1) is 12.3. The van der Waals surface area contributed by atoms with Gasteiger partial charge in [0.05, 0.1) is 0 Å². The van der Waals surface area contributed by atoms with E-state index in [1.807, 2.05) is 0 Å². The third-order valence-corrected chi connectivity index (χ3v) is 1.81. The van der Waals surface area contributed by atoms with Gasteiger partial charge >= 0.3 is 0 Å². The average molecular weight is 242 g/mol. The Balaban J connectivity index is 0.00000128. The molecule has 2 rings (SSSR count). The van der Waals surface area contributed by atoms with E-state index in [0.29, 0.717) is 17.4 Å². The van der Waals surface area contributed by atoms with Crippen LogP contribution >= 0.6 is 12.4 Å². The van der Waals surface area contributed by atoms with E-state index in [-0.39, 0.29) is 19.0 Å². The van der Waals surface area contributed by atoms with Gasteiger partial charge in [0.15, 0.2) is 12.4 Å². The number of ether oxygens (including phenoxy) is 1. The maximum Gasteiger partial charge on any atom is 0.264 e. The smallest absolute Gasteiger partial charge is 0.264 e. The van der Waals surface area contributed by atoms with Crippen molar-refractivity contribution in [3.63, 3.8) is 0 Å². The van der Waals surface area contributed by atoms with Crippen LogP contribution in [-0.4, -0.2) is 10.1 Å². The Morgan fingerprint density at radius 2 is 2.00 bits per heavy atom. The first-order chi connectivity index (χ1) is 7.24. The van der Waals surface area contributed by atoms with Crippen molar-refractivity contribution >= 4 is 18.1 Å². The zero-order valence-electron chi connectivity index (χ0n) is 8.71. The first-order valence-electron chi connectivity index (χ1n) is 4.51. The van der Waals surface area contributed by atoms with Gasteiger partial charge in [-0.3, -0.25) is 0 Å². The van der Waals surface area contributed by atoms with Gasteiger partial charge in [0, 0.05) is 5.69 Å². The number of hydrogen-bond donors (Lipinski definition) is 1. The molecular formula is C10H12ClN3O2. The van der Waals surface area contributed by atoms with Gasteiger partial charge in [-0.15, -0.1) is 12.4 Å². The summed E-state index contributed by atoms with van der Waals surface area (Å²) in [7, 11) is 0. The molecule has 0 atom stereocenters. The predicted molar refractivity (Wildman–Crippen MR) is 61.5 cm³/mol. The van der Waals surface area contributed by atoms with Crippen LogP contribution in [0.3, 0.4) is 0 Å². The van der Waals surface area contributed by atoms with Crippen molar-refractivity contribution < 1.29 is 9.26 Å². The molecule has 0 aliphatic carbocycles. The number of anilines is 1. The Kier molecular flexibility index (Phi) is 4.13. The van der Waals surface area contributed by atoms with Gasteiger partial charge < -0.3 is 15.0 Å². The van der Waals surface area contributed by atoms with Crippen molar-refractivity contribution in [3.8, 4) is 5.75 Å². The minimum atomic E-state index is 0.